The predicted molar refractivity (Wildman–Crippen MR) is 90.8 cm³/mol. The van der Waals surface area contributed by atoms with Crippen molar-refractivity contribution in [2.45, 2.75) is 19.9 Å². The number of rotatable bonds is 3. The van der Waals surface area contributed by atoms with Crippen LogP contribution in [0.15, 0.2) is 54.3 Å². The molecule has 5 heteroatoms. The molecule has 0 saturated carbocycles. The molecule has 0 spiro atoms. The van der Waals surface area contributed by atoms with E-state index in [9.17, 15) is 14.7 Å². The van der Waals surface area contributed by atoms with Crippen LogP contribution in [0.4, 0.5) is 5.69 Å². The van der Waals surface area contributed by atoms with E-state index in [0.29, 0.717) is 11.4 Å². The molecule has 1 aliphatic rings. The first-order chi connectivity index (χ1) is 11.5. The highest BCUT2D eigenvalue weighted by Crippen LogP contribution is 2.36. The lowest BCUT2D eigenvalue weighted by Crippen LogP contribution is -2.47. The van der Waals surface area contributed by atoms with Crippen LogP contribution in [-0.4, -0.2) is 23.0 Å². The molecule has 122 valence electrons. The second-order valence-corrected chi connectivity index (χ2v) is 5.68. The lowest BCUT2D eigenvalue weighted by Gasteiger charge is -2.32. The van der Waals surface area contributed by atoms with Gasteiger partial charge in [-0.05, 0) is 37.6 Å². The Morgan fingerprint density at radius 2 is 1.83 bits per heavy atom. The van der Waals surface area contributed by atoms with Gasteiger partial charge in [0.15, 0.2) is 11.5 Å². The largest absolute Gasteiger partial charge is 0.480 e. The third-order valence-electron chi connectivity index (χ3n) is 3.89. The average molecular weight is 323 g/mol. The molecule has 1 heterocycles. The maximum atomic E-state index is 12.8. The summed E-state index contributed by atoms with van der Waals surface area (Å²) in [5.41, 5.74) is 2.38. The number of hydrogen-bond donors (Lipinski definition) is 1. The van der Waals surface area contributed by atoms with E-state index in [1.165, 1.54) is 11.8 Å². The number of nitrogens with zero attached hydrogens (tertiary/aromatic N) is 1. The van der Waals surface area contributed by atoms with Crippen LogP contribution in [0.3, 0.4) is 0 Å². The van der Waals surface area contributed by atoms with Gasteiger partial charge in [0.1, 0.15) is 6.04 Å². The number of hydrogen-bond acceptors (Lipinski definition) is 3. The van der Waals surface area contributed by atoms with E-state index in [1.807, 2.05) is 31.2 Å². The van der Waals surface area contributed by atoms with Crippen LogP contribution in [-0.2, 0) is 9.59 Å². The van der Waals surface area contributed by atoms with Crippen molar-refractivity contribution in [3.63, 3.8) is 0 Å². The molecule has 2 aromatic rings. The lowest BCUT2D eigenvalue weighted by atomic mass is 10.1. The van der Waals surface area contributed by atoms with E-state index < -0.39 is 17.9 Å². The monoisotopic (exact) mass is 323 g/mol. The zero-order valence-electron chi connectivity index (χ0n) is 13.4. The Labute approximate surface area is 139 Å². The zero-order chi connectivity index (χ0) is 17.3. The van der Waals surface area contributed by atoms with Crippen molar-refractivity contribution >= 4 is 23.6 Å². The quantitative estimate of drug-likeness (QED) is 0.881. The van der Waals surface area contributed by atoms with Crippen molar-refractivity contribution in [2.24, 2.45) is 0 Å². The van der Waals surface area contributed by atoms with Crippen molar-refractivity contribution < 1.29 is 19.4 Å². The van der Waals surface area contributed by atoms with Crippen LogP contribution in [0.2, 0.25) is 0 Å². The lowest BCUT2D eigenvalue weighted by molar-refractivity contribution is -0.139. The highest BCUT2D eigenvalue weighted by atomic mass is 16.5. The van der Waals surface area contributed by atoms with Gasteiger partial charge in [0.25, 0.3) is 5.91 Å². The van der Waals surface area contributed by atoms with Crippen molar-refractivity contribution in [2.75, 3.05) is 4.90 Å². The molecule has 1 amide bonds. The van der Waals surface area contributed by atoms with Crippen LogP contribution in [0, 0.1) is 6.92 Å². The number of aryl methyl sites for hydroxylation is 1. The van der Waals surface area contributed by atoms with E-state index in [-0.39, 0.29) is 5.76 Å². The second-order valence-electron chi connectivity index (χ2n) is 5.68. The normalized spacial score (nSPS) is 16.5. The molecule has 1 atom stereocenters. The van der Waals surface area contributed by atoms with Gasteiger partial charge in [-0.2, -0.15) is 0 Å². The summed E-state index contributed by atoms with van der Waals surface area (Å²) in [5.74, 6) is -0.979. The summed E-state index contributed by atoms with van der Waals surface area (Å²) in [6.45, 7) is 3.46. The fourth-order valence-corrected chi connectivity index (χ4v) is 2.53. The summed E-state index contributed by atoms with van der Waals surface area (Å²) in [5, 5.41) is 9.33. The van der Waals surface area contributed by atoms with Gasteiger partial charge in [-0.25, -0.2) is 4.79 Å². The fourth-order valence-electron chi connectivity index (χ4n) is 2.53. The van der Waals surface area contributed by atoms with Gasteiger partial charge in [-0.15, -0.1) is 0 Å². The SMILES string of the molecule is Cc1ccc(/C=C2/Oc3ccccc3N(C(C)C(=O)O)C2=O)cc1. The van der Waals surface area contributed by atoms with E-state index >= 15 is 0 Å². The number of aliphatic carboxylic acids is 1. The number of amides is 1. The molecule has 1 aliphatic heterocycles. The third-order valence-corrected chi connectivity index (χ3v) is 3.89. The molecule has 0 bridgehead atoms. The Kier molecular flexibility index (Phi) is 4.08. The topological polar surface area (TPSA) is 66.8 Å². The summed E-state index contributed by atoms with van der Waals surface area (Å²) in [7, 11) is 0. The summed E-state index contributed by atoms with van der Waals surface area (Å²) >= 11 is 0. The molecule has 0 saturated heterocycles. The van der Waals surface area contributed by atoms with E-state index in [4.69, 9.17) is 4.74 Å². The van der Waals surface area contributed by atoms with Gasteiger partial charge in [-0.3, -0.25) is 9.69 Å². The van der Waals surface area contributed by atoms with Crippen molar-refractivity contribution in [1.82, 2.24) is 0 Å². The molecule has 0 aromatic heterocycles. The summed E-state index contributed by atoms with van der Waals surface area (Å²) in [6.07, 6.45) is 1.62. The number of benzene rings is 2. The first kappa shape index (κ1) is 15.8. The Balaban J connectivity index is 2.06. The Morgan fingerprint density at radius 1 is 1.17 bits per heavy atom. The maximum Gasteiger partial charge on any atom is 0.326 e. The zero-order valence-corrected chi connectivity index (χ0v) is 13.4. The van der Waals surface area contributed by atoms with Crippen molar-refractivity contribution in [1.29, 1.82) is 0 Å². The van der Waals surface area contributed by atoms with Gasteiger partial charge in [-0.1, -0.05) is 42.0 Å². The molecule has 24 heavy (non-hydrogen) atoms. The molecule has 3 rings (SSSR count). The van der Waals surface area contributed by atoms with Crippen molar-refractivity contribution in [3.8, 4) is 5.75 Å². The van der Waals surface area contributed by atoms with Gasteiger partial charge in [0, 0.05) is 0 Å². The molecule has 0 radical (unpaired) electrons. The number of carboxylic acids is 1. The molecule has 2 aromatic carbocycles. The first-order valence-electron chi connectivity index (χ1n) is 7.59. The number of para-hydroxylation sites is 2. The van der Waals surface area contributed by atoms with Gasteiger partial charge in [0.2, 0.25) is 0 Å². The number of carbonyl (C=O) groups excluding carboxylic acids is 1. The number of ether oxygens (including phenoxy) is 1. The number of carbonyl (C=O) groups is 2. The van der Waals surface area contributed by atoms with Crippen LogP contribution < -0.4 is 9.64 Å². The van der Waals surface area contributed by atoms with Crippen molar-refractivity contribution in [3.05, 3.63) is 65.4 Å². The highest BCUT2D eigenvalue weighted by Gasteiger charge is 2.36. The number of carboxylic acid groups (broad SMARTS) is 1. The minimum absolute atomic E-state index is 0.102. The highest BCUT2D eigenvalue weighted by molar-refractivity contribution is 6.12. The predicted octanol–water partition coefficient (Wildman–Crippen LogP) is 3.23. The van der Waals surface area contributed by atoms with E-state index in [2.05, 4.69) is 0 Å². The van der Waals surface area contributed by atoms with Crippen LogP contribution in [0.5, 0.6) is 5.75 Å². The standard InChI is InChI=1S/C19H17NO4/c1-12-7-9-14(10-8-12)11-17-18(21)20(13(2)19(22)23)15-5-3-4-6-16(15)24-17/h3-11,13H,1-2H3,(H,22,23)/b17-11+. The van der Waals surface area contributed by atoms with E-state index in [0.717, 1.165) is 11.1 Å². The molecule has 5 nitrogen and oxygen atoms in total. The Bertz CT molecular complexity index is 824. The molecular formula is C19H17NO4. The number of fused-ring (bicyclic) bond motifs is 1. The average Bonchev–Trinajstić information content (AvgIpc) is 2.57. The molecular weight excluding hydrogens is 306 g/mol. The van der Waals surface area contributed by atoms with Crippen LogP contribution >= 0.6 is 0 Å². The first-order valence-corrected chi connectivity index (χ1v) is 7.59. The molecule has 0 aliphatic carbocycles. The minimum atomic E-state index is -1.07. The summed E-state index contributed by atoms with van der Waals surface area (Å²) in [4.78, 5) is 25.4. The van der Waals surface area contributed by atoms with Gasteiger partial charge in [0.05, 0.1) is 5.69 Å². The van der Waals surface area contributed by atoms with Gasteiger partial charge >= 0.3 is 5.97 Å². The van der Waals surface area contributed by atoms with E-state index in [1.54, 1.807) is 30.3 Å². The Hall–Kier alpha value is -3.08. The molecule has 1 N–H and O–H groups in total. The van der Waals surface area contributed by atoms with Crippen LogP contribution in [0.1, 0.15) is 18.1 Å². The summed E-state index contributed by atoms with van der Waals surface area (Å²) in [6, 6.07) is 13.5. The maximum absolute atomic E-state index is 12.8. The van der Waals surface area contributed by atoms with Gasteiger partial charge < -0.3 is 9.84 Å². The van der Waals surface area contributed by atoms with Crippen LogP contribution in [0.25, 0.3) is 6.08 Å². The second kappa shape index (κ2) is 6.20. The Morgan fingerprint density at radius 3 is 2.50 bits per heavy atom. The minimum Gasteiger partial charge on any atom is -0.480 e. The summed E-state index contributed by atoms with van der Waals surface area (Å²) < 4.78 is 5.72. The fraction of sp³-hybridized carbons (Fsp3) is 0.158. The molecule has 1 unspecified atom stereocenters. The number of anilines is 1. The third kappa shape index (κ3) is 2.88. The molecule has 0 fully saturated rings. The smallest absolute Gasteiger partial charge is 0.326 e.